The Kier molecular flexibility index (Phi) is 8.28. The number of ether oxygens (including phenoxy) is 1. The van der Waals surface area contributed by atoms with E-state index in [0.29, 0.717) is 29.0 Å². The lowest BCUT2D eigenvalue weighted by atomic mass is 10.1. The Hall–Kier alpha value is -4.98. The largest absolute Gasteiger partial charge is 0.505 e. The van der Waals surface area contributed by atoms with E-state index in [4.69, 9.17) is 15.7 Å². The first kappa shape index (κ1) is 30.5. The molecule has 0 saturated carbocycles. The number of phenolic OH excluding ortho intramolecular Hbond substituents is 1. The first-order valence-electron chi connectivity index (χ1n) is 12.1. The van der Waals surface area contributed by atoms with Crippen LogP contribution in [0.3, 0.4) is 0 Å². The number of nitrogen functional groups attached to an aromatic ring is 1. The van der Waals surface area contributed by atoms with E-state index >= 15 is 0 Å². The molecule has 0 saturated heterocycles. The highest BCUT2D eigenvalue weighted by Gasteiger charge is 2.26. The van der Waals surface area contributed by atoms with Gasteiger partial charge in [0.15, 0.2) is 5.75 Å². The average molecular weight is 641 g/mol. The van der Waals surface area contributed by atoms with Gasteiger partial charge in [0.05, 0.1) is 52.2 Å². The van der Waals surface area contributed by atoms with Gasteiger partial charge in [0.1, 0.15) is 22.0 Å². The minimum absolute atomic E-state index is 0.0321. The Labute approximate surface area is 252 Å². The number of nitrogens with one attached hydrogen (secondary N) is 1. The Balaban J connectivity index is 1.51. The van der Waals surface area contributed by atoms with Crippen LogP contribution in [0, 0.1) is 6.92 Å². The van der Waals surface area contributed by atoms with Crippen molar-refractivity contribution in [2.75, 3.05) is 12.8 Å². The Morgan fingerprint density at radius 2 is 1.66 bits per heavy atom. The lowest BCUT2D eigenvalue weighted by Gasteiger charge is -2.12. The second-order valence-corrected chi connectivity index (χ2v) is 11.2. The summed E-state index contributed by atoms with van der Waals surface area (Å²) >= 11 is 0.425. The SMILES string of the molecule is COc1cc(N=Nc2ccc3c(c2)C(=O)NC3=O)c(C)cc1N=Nc1c(SOOO)cc2cc(S(=O)(=O)O)c(N)cc2c1O. The second kappa shape index (κ2) is 12.0. The first-order valence-corrected chi connectivity index (χ1v) is 14.3. The monoisotopic (exact) mass is 640 g/mol. The summed E-state index contributed by atoms with van der Waals surface area (Å²) in [4.78, 5) is 23.2. The zero-order valence-electron chi connectivity index (χ0n) is 22.5. The van der Waals surface area contributed by atoms with Crippen molar-refractivity contribution in [3.63, 3.8) is 0 Å². The van der Waals surface area contributed by atoms with Crippen LogP contribution >= 0.6 is 12.0 Å². The van der Waals surface area contributed by atoms with E-state index in [9.17, 15) is 27.7 Å². The molecular formula is C26H20N6O10S2. The molecule has 0 atom stereocenters. The number of rotatable bonds is 9. The van der Waals surface area contributed by atoms with Gasteiger partial charge in [0, 0.05) is 11.5 Å². The number of phenols is 1. The van der Waals surface area contributed by atoms with Crippen LogP contribution in [0.5, 0.6) is 11.5 Å². The van der Waals surface area contributed by atoms with Crippen LogP contribution in [-0.4, -0.2) is 42.3 Å². The lowest BCUT2D eigenvalue weighted by Crippen LogP contribution is -2.19. The van der Waals surface area contributed by atoms with Crippen LogP contribution in [0.25, 0.3) is 10.8 Å². The summed E-state index contributed by atoms with van der Waals surface area (Å²) in [6, 6.07) is 11.1. The van der Waals surface area contributed by atoms with E-state index in [1.54, 1.807) is 19.1 Å². The second-order valence-electron chi connectivity index (χ2n) is 9.11. The molecule has 44 heavy (non-hydrogen) atoms. The number of nitrogens with two attached hydrogens (primary N) is 1. The first-order chi connectivity index (χ1) is 20.9. The van der Waals surface area contributed by atoms with Gasteiger partial charge >= 0.3 is 0 Å². The number of anilines is 1. The third-order valence-corrected chi connectivity index (χ3v) is 7.89. The standard InChI is InChI=1S/C26H20N6O10S2/c1-11-5-19(20(40-2)10-18(11)30-29-13-3-4-14-16(8-13)26(35)28-25(14)34)31-32-23-21(43-42-41-36)6-12-7-22(44(37,38)39)17(27)9-15(12)24(23)33/h3-10,33,36H,27H2,1-2H3,(H,28,34,35)(H,37,38,39). The molecule has 0 fully saturated rings. The molecule has 1 aliphatic heterocycles. The molecule has 4 aromatic carbocycles. The molecular weight excluding hydrogens is 620 g/mol. The van der Waals surface area contributed by atoms with Crippen LogP contribution < -0.4 is 15.8 Å². The quantitative estimate of drug-likeness (QED) is 0.0276. The topological polar surface area (TPSA) is 244 Å². The Bertz CT molecular complexity index is 2030. The van der Waals surface area contributed by atoms with E-state index in [1.165, 1.54) is 31.4 Å². The van der Waals surface area contributed by atoms with Crippen LogP contribution in [0.1, 0.15) is 26.3 Å². The molecule has 6 N–H and O–H groups in total. The zero-order chi connectivity index (χ0) is 31.8. The summed E-state index contributed by atoms with van der Waals surface area (Å²) in [5.41, 5.74) is 7.29. The Morgan fingerprint density at radius 1 is 0.932 bits per heavy atom. The smallest absolute Gasteiger partial charge is 0.296 e. The van der Waals surface area contributed by atoms with Crippen molar-refractivity contribution in [2.24, 2.45) is 20.5 Å². The van der Waals surface area contributed by atoms with Crippen LogP contribution in [-0.2, 0) is 19.5 Å². The number of hydrogen-bond donors (Lipinski definition) is 5. The van der Waals surface area contributed by atoms with E-state index in [-0.39, 0.29) is 49.6 Å². The maximum absolute atomic E-state index is 11.9. The summed E-state index contributed by atoms with van der Waals surface area (Å²) in [5, 5.41) is 42.4. The lowest BCUT2D eigenvalue weighted by molar-refractivity contribution is -0.432. The van der Waals surface area contributed by atoms with E-state index < -0.39 is 32.6 Å². The van der Waals surface area contributed by atoms with Gasteiger partial charge in [-0.1, -0.05) is 5.04 Å². The van der Waals surface area contributed by atoms with Crippen molar-refractivity contribution in [1.82, 2.24) is 5.32 Å². The number of azo groups is 2. The van der Waals surface area contributed by atoms with Gasteiger partial charge in [-0.3, -0.25) is 19.5 Å². The molecule has 0 aromatic heterocycles. The van der Waals surface area contributed by atoms with Crippen LogP contribution in [0.4, 0.5) is 28.4 Å². The van der Waals surface area contributed by atoms with Gasteiger partial charge in [-0.05, 0) is 60.3 Å². The van der Waals surface area contributed by atoms with Gasteiger partial charge in [0.2, 0.25) is 0 Å². The van der Waals surface area contributed by atoms with Gasteiger partial charge in [-0.2, -0.15) is 18.6 Å². The van der Waals surface area contributed by atoms with Gasteiger partial charge < -0.3 is 15.6 Å². The fourth-order valence-electron chi connectivity index (χ4n) is 4.27. The predicted molar refractivity (Wildman–Crippen MR) is 155 cm³/mol. The molecule has 2 amide bonds. The molecule has 1 aliphatic rings. The highest BCUT2D eigenvalue weighted by Crippen LogP contribution is 2.46. The predicted octanol–water partition coefficient (Wildman–Crippen LogP) is 5.83. The minimum atomic E-state index is -4.67. The molecule has 4 aromatic rings. The van der Waals surface area contributed by atoms with Crippen molar-refractivity contribution >= 4 is 73.2 Å². The van der Waals surface area contributed by atoms with E-state index in [0.717, 1.165) is 12.1 Å². The summed E-state index contributed by atoms with van der Waals surface area (Å²) < 4.78 is 42.8. The fraction of sp³-hybridized carbons (Fsp3) is 0.0769. The summed E-state index contributed by atoms with van der Waals surface area (Å²) in [6.45, 7) is 1.72. The third kappa shape index (κ3) is 5.93. The van der Waals surface area contributed by atoms with E-state index in [2.05, 4.69) is 35.1 Å². The number of aromatic hydroxyl groups is 1. The number of methoxy groups -OCH3 is 1. The molecule has 0 radical (unpaired) electrons. The van der Waals surface area contributed by atoms with Gasteiger partial charge in [-0.25, -0.2) is 5.26 Å². The summed E-state index contributed by atoms with van der Waals surface area (Å²) in [7, 11) is -3.29. The third-order valence-electron chi connectivity index (χ3n) is 6.36. The summed E-state index contributed by atoms with van der Waals surface area (Å²) in [5.74, 6) is -1.25. The average Bonchev–Trinajstić information content (AvgIpc) is 3.26. The molecule has 16 nitrogen and oxygen atoms in total. The fourth-order valence-corrected chi connectivity index (χ4v) is 5.40. The molecule has 18 heteroatoms. The van der Waals surface area contributed by atoms with Crippen molar-refractivity contribution in [1.29, 1.82) is 0 Å². The maximum Gasteiger partial charge on any atom is 0.296 e. The molecule has 5 rings (SSSR count). The maximum atomic E-state index is 11.9. The van der Waals surface area contributed by atoms with Gasteiger partial charge in [0.25, 0.3) is 21.9 Å². The molecule has 0 unspecified atom stereocenters. The zero-order valence-corrected chi connectivity index (χ0v) is 24.1. The van der Waals surface area contributed by atoms with Gasteiger partial charge in [-0.15, -0.1) is 14.6 Å². The highest BCUT2D eigenvalue weighted by atomic mass is 32.2. The number of fused-ring (bicyclic) bond motifs is 2. The number of nitrogens with zero attached hydrogens (tertiary/aromatic N) is 4. The van der Waals surface area contributed by atoms with Crippen molar-refractivity contribution in [3.8, 4) is 11.5 Å². The van der Waals surface area contributed by atoms with Crippen molar-refractivity contribution in [2.45, 2.75) is 16.7 Å². The molecule has 1 heterocycles. The highest BCUT2D eigenvalue weighted by molar-refractivity contribution is 7.94. The number of carbonyl (C=O) groups excluding carboxylic acids is 2. The minimum Gasteiger partial charge on any atom is -0.505 e. The molecule has 0 bridgehead atoms. The molecule has 0 aliphatic carbocycles. The van der Waals surface area contributed by atoms with Crippen molar-refractivity contribution in [3.05, 3.63) is 65.2 Å². The molecule has 226 valence electrons. The van der Waals surface area contributed by atoms with E-state index in [1.807, 2.05) is 0 Å². The number of carbonyl (C=O) groups is 2. The summed E-state index contributed by atoms with van der Waals surface area (Å²) in [6.07, 6.45) is 0. The number of imide groups is 1. The molecule has 0 spiro atoms. The number of aryl methyl sites for hydroxylation is 1. The number of amides is 2. The number of hydrogen-bond acceptors (Lipinski definition) is 15. The number of benzene rings is 4. The Morgan fingerprint density at radius 3 is 2.36 bits per heavy atom. The van der Waals surface area contributed by atoms with Crippen molar-refractivity contribution < 1.29 is 47.0 Å². The normalized spacial score (nSPS) is 13.3. The van der Waals surface area contributed by atoms with Crippen LogP contribution in [0.2, 0.25) is 0 Å². The van der Waals surface area contributed by atoms with Crippen LogP contribution in [0.15, 0.2) is 78.8 Å².